The number of hydrogen-bond donors (Lipinski definition) is 3. The number of likely N-dealkylation sites (tertiary alicyclic amines) is 1. The van der Waals surface area contributed by atoms with Crippen LogP contribution in [0.25, 0.3) is 16.2 Å². The molecule has 4 aromatic rings. The van der Waals surface area contributed by atoms with Gasteiger partial charge in [-0.25, -0.2) is 14.5 Å². The number of fused-ring (bicyclic) bond motifs is 1. The van der Waals surface area contributed by atoms with E-state index in [1.807, 2.05) is 16.5 Å². The van der Waals surface area contributed by atoms with E-state index in [2.05, 4.69) is 43.4 Å². The highest BCUT2D eigenvalue weighted by molar-refractivity contribution is 7.16. The molecule has 1 aliphatic rings. The summed E-state index contributed by atoms with van der Waals surface area (Å²) >= 11 is 1.56. The van der Waals surface area contributed by atoms with Gasteiger partial charge in [0.1, 0.15) is 22.1 Å². The lowest BCUT2D eigenvalue weighted by molar-refractivity contribution is 0.0672. The van der Waals surface area contributed by atoms with Crippen LogP contribution in [0.15, 0.2) is 48.1 Å². The highest BCUT2D eigenvalue weighted by Gasteiger charge is 2.27. The molecule has 0 radical (unpaired) electrons. The Bertz CT molecular complexity index is 1530. The van der Waals surface area contributed by atoms with Crippen molar-refractivity contribution in [2.45, 2.75) is 52.5 Å². The fourth-order valence-corrected chi connectivity index (χ4v) is 6.01. The third kappa shape index (κ3) is 6.84. The largest absolute Gasteiger partial charge is 0.507 e. The number of aromatic hydroxyl groups is 1. The maximum atomic E-state index is 13.6. The highest BCUT2D eigenvalue weighted by Crippen LogP contribution is 2.29. The molecule has 1 fully saturated rings. The molecule has 3 N–H and O–H groups in total. The first-order chi connectivity index (χ1) is 19.6. The molecule has 1 unspecified atom stereocenters. The number of phenols is 1. The second-order valence-corrected chi connectivity index (χ2v) is 12.7. The van der Waals surface area contributed by atoms with Crippen LogP contribution in [-0.4, -0.2) is 66.6 Å². The number of benzene rings is 1. The Kier molecular flexibility index (Phi) is 8.25. The van der Waals surface area contributed by atoms with Gasteiger partial charge in [0.15, 0.2) is 5.82 Å². The zero-order chi connectivity index (χ0) is 29.1. The number of hydrogen-bond acceptors (Lipinski definition) is 8. The summed E-state index contributed by atoms with van der Waals surface area (Å²) in [5.74, 6) is 1.45. The van der Waals surface area contributed by atoms with Crippen molar-refractivity contribution in [1.82, 2.24) is 29.8 Å². The van der Waals surface area contributed by atoms with Crippen LogP contribution in [0, 0.1) is 11.8 Å². The summed E-state index contributed by atoms with van der Waals surface area (Å²) in [6, 6.07) is 8.30. The topological polar surface area (TPSA) is 125 Å². The van der Waals surface area contributed by atoms with E-state index < -0.39 is 0 Å². The monoisotopic (exact) mass is 575 g/mol. The van der Waals surface area contributed by atoms with Crippen LogP contribution in [0.4, 0.5) is 5.82 Å². The summed E-state index contributed by atoms with van der Waals surface area (Å²) in [7, 11) is 0. The quantitative estimate of drug-likeness (QED) is 0.268. The predicted molar refractivity (Wildman–Crippen MR) is 160 cm³/mol. The number of thiazole rings is 1. The summed E-state index contributed by atoms with van der Waals surface area (Å²) in [4.78, 5) is 38.3. The number of nitrogens with one attached hydrogen (secondary N) is 2. The van der Waals surface area contributed by atoms with Gasteiger partial charge in [-0.05, 0) is 64.0 Å². The van der Waals surface area contributed by atoms with Crippen LogP contribution in [0.5, 0.6) is 5.75 Å². The number of carbonyl (C=O) groups is 2. The molecule has 0 saturated carbocycles. The first-order valence-corrected chi connectivity index (χ1v) is 14.9. The lowest BCUT2D eigenvalue weighted by Gasteiger charge is -2.33. The average Bonchev–Trinajstić information content (AvgIpc) is 3.55. The number of phenolic OH excluding ortho intramolecular Hbond substituents is 1. The lowest BCUT2D eigenvalue weighted by Crippen LogP contribution is -2.39. The van der Waals surface area contributed by atoms with E-state index >= 15 is 0 Å². The van der Waals surface area contributed by atoms with E-state index in [-0.39, 0.29) is 34.6 Å². The molecular weight excluding hydrogens is 538 g/mol. The van der Waals surface area contributed by atoms with Crippen LogP contribution in [0.2, 0.25) is 0 Å². The first kappa shape index (κ1) is 28.5. The van der Waals surface area contributed by atoms with E-state index in [0.29, 0.717) is 42.9 Å². The number of rotatable bonds is 8. The molecule has 1 saturated heterocycles. The van der Waals surface area contributed by atoms with Crippen molar-refractivity contribution in [3.8, 4) is 17.1 Å². The third-order valence-corrected chi connectivity index (χ3v) is 8.11. The molecule has 5 rings (SSSR count). The second kappa shape index (κ2) is 11.9. The molecule has 0 spiro atoms. The minimum Gasteiger partial charge on any atom is -0.507 e. The molecule has 11 heteroatoms. The molecule has 2 amide bonds. The van der Waals surface area contributed by atoms with E-state index in [1.54, 1.807) is 46.3 Å². The van der Waals surface area contributed by atoms with Gasteiger partial charge in [-0.1, -0.05) is 19.1 Å². The number of para-hydroxylation sites is 1. The Morgan fingerprint density at radius 3 is 2.66 bits per heavy atom. The van der Waals surface area contributed by atoms with Crippen LogP contribution < -0.4 is 10.6 Å². The van der Waals surface area contributed by atoms with Crippen LogP contribution >= 0.6 is 11.3 Å². The van der Waals surface area contributed by atoms with Crippen molar-refractivity contribution in [3.05, 3.63) is 59.4 Å². The van der Waals surface area contributed by atoms with Crippen molar-refractivity contribution in [2.75, 3.05) is 25.0 Å². The summed E-state index contributed by atoms with van der Waals surface area (Å²) < 4.78 is 1.79. The van der Waals surface area contributed by atoms with Crippen LogP contribution in [0.1, 0.15) is 67.8 Å². The van der Waals surface area contributed by atoms with Gasteiger partial charge < -0.3 is 20.6 Å². The van der Waals surface area contributed by atoms with Crippen molar-refractivity contribution in [1.29, 1.82) is 0 Å². The van der Waals surface area contributed by atoms with Crippen LogP contribution in [-0.2, 0) is 0 Å². The first-order valence-electron chi connectivity index (χ1n) is 14.0. The zero-order valence-corrected chi connectivity index (χ0v) is 24.7. The minimum absolute atomic E-state index is 0.0167. The number of aromatic nitrogens is 4. The molecule has 0 bridgehead atoms. The molecule has 216 valence electrons. The van der Waals surface area contributed by atoms with Gasteiger partial charge in [-0.3, -0.25) is 9.59 Å². The molecule has 1 atom stereocenters. The third-order valence-electron chi connectivity index (χ3n) is 7.22. The Hall–Kier alpha value is -3.99. The molecular formula is C30H37N7O3S. The normalized spacial score (nSPS) is 15.2. The molecule has 4 heterocycles. The number of carbonyl (C=O) groups excluding carboxylic acids is 2. The van der Waals surface area contributed by atoms with Gasteiger partial charge in [0.05, 0.1) is 17.3 Å². The van der Waals surface area contributed by atoms with Gasteiger partial charge >= 0.3 is 0 Å². The van der Waals surface area contributed by atoms with Gasteiger partial charge in [-0.15, -0.1) is 11.3 Å². The van der Waals surface area contributed by atoms with Gasteiger partial charge in [0.25, 0.3) is 11.8 Å². The molecule has 1 aliphatic heterocycles. The summed E-state index contributed by atoms with van der Waals surface area (Å²) in [5.41, 5.74) is 1.22. The minimum atomic E-state index is -0.268. The fraction of sp³-hybridized carbons (Fsp3) is 0.433. The number of nitrogens with zero attached hydrogens (tertiary/aromatic N) is 5. The van der Waals surface area contributed by atoms with E-state index in [4.69, 9.17) is 9.97 Å². The Morgan fingerprint density at radius 2 is 1.93 bits per heavy atom. The molecule has 0 aliphatic carbocycles. The Labute approximate surface area is 243 Å². The van der Waals surface area contributed by atoms with Crippen LogP contribution in [0.3, 0.4) is 0 Å². The SMILES string of the molecule is CC(CNC(=O)c1ccccc1O)CC1CCN(C(=O)c2cc(NC(C)(C)C)nc(-c3cnn4ccsc34)n2)CC1. The second-order valence-electron chi connectivity index (χ2n) is 11.9. The average molecular weight is 576 g/mol. The Balaban J connectivity index is 1.21. The fourth-order valence-electron chi connectivity index (χ4n) is 5.22. The van der Waals surface area contributed by atoms with Gasteiger partial charge in [-0.2, -0.15) is 5.10 Å². The van der Waals surface area contributed by atoms with Gasteiger partial charge in [0, 0.05) is 42.8 Å². The van der Waals surface area contributed by atoms with E-state index in [0.717, 1.165) is 29.7 Å². The summed E-state index contributed by atoms with van der Waals surface area (Å²) in [5, 5.41) is 22.6. The lowest BCUT2D eigenvalue weighted by atomic mass is 9.87. The zero-order valence-electron chi connectivity index (χ0n) is 23.9. The number of amides is 2. The maximum Gasteiger partial charge on any atom is 0.272 e. The maximum absolute atomic E-state index is 13.6. The number of anilines is 1. The molecule has 1 aromatic carbocycles. The standard InChI is InChI=1S/C30H37N7O3S/c1-19(17-31-27(39)21-7-5-6-8-24(21)38)15-20-9-11-36(12-10-20)28(40)23-16-25(35-30(2,3)4)34-26(33-23)22-18-32-37-13-14-41-29(22)37/h5-8,13-14,16,18-20,38H,9-12,15,17H2,1-4H3,(H,31,39)(H,33,34,35). The van der Waals surface area contributed by atoms with E-state index in [1.165, 1.54) is 6.07 Å². The van der Waals surface area contributed by atoms with Crippen molar-refractivity contribution >= 4 is 33.8 Å². The van der Waals surface area contributed by atoms with Crippen molar-refractivity contribution < 1.29 is 14.7 Å². The number of piperidine rings is 1. The summed E-state index contributed by atoms with van der Waals surface area (Å²) in [6.07, 6.45) is 6.38. The van der Waals surface area contributed by atoms with Crippen molar-refractivity contribution in [3.63, 3.8) is 0 Å². The highest BCUT2D eigenvalue weighted by atomic mass is 32.1. The smallest absolute Gasteiger partial charge is 0.272 e. The molecule has 41 heavy (non-hydrogen) atoms. The van der Waals surface area contributed by atoms with Crippen molar-refractivity contribution in [2.24, 2.45) is 11.8 Å². The summed E-state index contributed by atoms with van der Waals surface area (Å²) in [6.45, 7) is 10.1. The predicted octanol–water partition coefficient (Wildman–Crippen LogP) is 5.08. The van der Waals surface area contributed by atoms with Gasteiger partial charge in [0.2, 0.25) is 0 Å². The van der Waals surface area contributed by atoms with E-state index in [9.17, 15) is 14.7 Å². The molecule has 3 aromatic heterocycles. The molecule has 10 nitrogen and oxygen atoms in total. The Morgan fingerprint density at radius 1 is 1.17 bits per heavy atom.